The van der Waals surface area contributed by atoms with Crippen LogP contribution in [-0.4, -0.2) is 17.0 Å². The molecule has 1 N–H and O–H groups in total. The van der Waals surface area contributed by atoms with Gasteiger partial charge in [0.15, 0.2) is 0 Å². The molecule has 1 aromatic carbocycles. The molecule has 0 radical (unpaired) electrons. The van der Waals surface area contributed by atoms with Gasteiger partial charge >= 0.3 is 0 Å². The SMILES string of the molecule is CC(=O)[C@@]1(Cc2ccccc2)CCC2C3CC=C4CC(O)CCC4(C)C3CCC21C. The first-order valence-corrected chi connectivity index (χ1v) is 12.2. The first-order valence-electron chi connectivity index (χ1n) is 12.2. The number of fused-ring (bicyclic) bond motifs is 5. The lowest BCUT2D eigenvalue weighted by Crippen LogP contribution is -2.54. The molecule has 162 valence electrons. The number of aliphatic hydroxyl groups excluding tert-OH is 1. The van der Waals surface area contributed by atoms with E-state index in [0.29, 0.717) is 17.6 Å². The highest BCUT2D eigenvalue weighted by Crippen LogP contribution is 2.70. The van der Waals surface area contributed by atoms with Gasteiger partial charge in [-0.05, 0) is 98.9 Å². The minimum atomic E-state index is -0.211. The van der Waals surface area contributed by atoms with E-state index in [-0.39, 0.29) is 22.3 Å². The number of hydrogen-bond donors (Lipinski definition) is 1. The third kappa shape index (κ3) is 2.75. The zero-order chi connectivity index (χ0) is 21.1. The Bertz CT molecular complexity index is 857. The first-order chi connectivity index (χ1) is 14.3. The van der Waals surface area contributed by atoms with Crippen molar-refractivity contribution in [2.45, 2.75) is 84.7 Å². The van der Waals surface area contributed by atoms with Crippen molar-refractivity contribution < 1.29 is 9.90 Å². The third-order valence-corrected chi connectivity index (χ3v) is 10.5. The number of aliphatic hydroxyl groups is 1. The fourth-order valence-electron chi connectivity index (χ4n) is 8.71. The Morgan fingerprint density at radius 3 is 2.50 bits per heavy atom. The fourth-order valence-corrected chi connectivity index (χ4v) is 8.71. The summed E-state index contributed by atoms with van der Waals surface area (Å²) in [5, 5.41) is 10.2. The van der Waals surface area contributed by atoms with E-state index < -0.39 is 0 Å². The fraction of sp³-hybridized carbons (Fsp3) is 0.679. The highest BCUT2D eigenvalue weighted by atomic mass is 16.3. The van der Waals surface area contributed by atoms with E-state index in [9.17, 15) is 9.90 Å². The number of rotatable bonds is 3. The van der Waals surface area contributed by atoms with Gasteiger partial charge in [0.05, 0.1) is 6.10 Å². The highest BCUT2D eigenvalue weighted by molar-refractivity contribution is 5.84. The molecule has 0 saturated heterocycles. The quantitative estimate of drug-likeness (QED) is 0.613. The van der Waals surface area contributed by atoms with E-state index in [1.54, 1.807) is 0 Å². The summed E-state index contributed by atoms with van der Waals surface area (Å²) in [6.07, 6.45) is 12.0. The summed E-state index contributed by atoms with van der Waals surface area (Å²) in [6.45, 7) is 6.82. The Kier molecular flexibility index (Phi) is 4.82. The summed E-state index contributed by atoms with van der Waals surface area (Å²) in [5.74, 6) is 2.48. The zero-order valence-electron chi connectivity index (χ0n) is 19.0. The van der Waals surface area contributed by atoms with Crippen LogP contribution in [0.15, 0.2) is 42.0 Å². The van der Waals surface area contributed by atoms with E-state index >= 15 is 0 Å². The van der Waals surface area contributed by atoms with Crippen molar-refractivity contribution >= 4 is 5.78 Å². The zero-order valence-corrected chi connectivity index (χ0v) is 19.0. The average molecular weight is 407 g/mol. The number of carbonyl (C=O) groups excluding carboxylic acids is 1. The first kappa shape index (κ1) is 20.5. The van der Waals surface area contributed by atoms with Crippen LogP contribution in [0.3, 0.4) is 0 Å². The van der Waals surface area contributed by atoms with Gasteiger partial charge in [0, 0.05) is 5.41 Å². The van der Waals surface area contributed by atoms with Crippen molar-refractivity contribution in [3.8, 4) is 0 Å². The number of allylic oxidation sites excluding steroid dienone is 1. The third-order valence-electron chi connectivity index (χ3n) is 10.5. The van der Waals surface area contributed by atoms with Crippen LogP contribution in [0.4, 0.5) is 0 Å². The Morgan fingerprint density at radius 1 is 1.03 bits per heavy atom. The molecule has 4 aliphatic carbocycles. The smallest absolute Gasteiger partial charge is 0.136 e. The van der Waals surface area contributed by atoms with Gasteiger partial charge in [0.1, 0.15) is 5.78 Å². The molecule has 3 saturated carbocycles. The maximum absolute atomic E-state index is 13.3. The van der Waals surface area contributed by atoms with Crippen LogP contribution < -0.4 is 0 Å². The summed E-state index contributed by atoms with van der Waals surface area (Å²) in [4.78, 5) is 13.3. The van der Waals surface area contributed by atoms with Crippen LogP contribution in [0.25, 0.3) is 0 Å². The maximum atomic E-state index is 13.3. The van der Waals surface area contributed by atoms with Gasteiger partial charge < -0.3 is 5.11 Å². The Morgan fingerprint density at radius 2 is 1.77 bits per heavy atom. The van der Waals surface area contributed by atoms with Crippen molar-refractivity contribution in [2.75, 3.05) is 0 Å². The van der Waals surface area contributed by atoms with E-state index in [4.69, 9.17) is 0 Å². The van der Waals surface area contributed by atoms with Crippen molar-refractivity contribution in [1.82, 2.24) is 0 Å². The molecule has 30 heavy (non-hydrogen) atoms. The number of ketones is 1. The van der Waals surface area contributed by atoms with Crippen molar-refractivity contribution in [3.05, 3.63) is 47.5 Å². The predicted octanol–water partition coefficient (Wildman–Crippen LogP) is 6.13. The topological polar surface area (TPSA) is 37.3 Å². The lowest BCUT2D eigenvalue weighted by atomic mass is 9.45. The van der Waals surface area contributed by atoms with Gasteiger partial charge in [0.25, 0.3) is 0 Å². The van der Waals surface area contributed by atoms with Crippen molar-refractivity contribution in [3.63, 3.8) is 0 Å². The molecule has 6 unspecified atom stereocenters. The molecule has 7 atom stereocenters. The van der Waals surface area contributed by atoms with Crippen LogP contribution in [0.1, 0.15) is 77.7 Å². The average Bonchev–Trinajstić information content (AvgIpc) is 3.03. The van der Waals surface area contributed by atoms with Crippen LogP contribution in [0.5, 0.6) is 0 Å². The molecule has 0 spiro atoms. The van der Waals surface area contributed by atoms with Gasteiger partial charge in [-0.1, -0.05) is 55.8 Å². The largest absolute Gasteiger partial charge is 0.393 e. The summed E-state index contributed by atoms with van der Waals surface area (Å²) in [7, 11) is 0. The van der Waals surface area contributed by atoms with Crippen LogP contribution in [-0.2, 0) is 11.2 Å². The van der Waals surface area contributed by atoms with Crippen molar-refractivity contribution in [1.29, 1.82) is 0 Å². The number of carbonyl (C=O) groups is 1. The summed E-state index contributed by atoms with van der Waals surface area (Å²) in [5.41, 5.74) is 3.01. The van der Waals surface area contributed by atoms with Gasteiger partial charge in [0.2, 0.25) is 0 Å². The number of Topliss-reactive ketones (excluding diaryl/α,β-unsaturated/α-hetero) is 1. The summed E-state index contributed by atoms with van der Waals surface area (Å²) in [6, 6.07) is 10.7. The second-order valence-electron chi connectivity index (χ2n) is 11.5. The molecule has 0 amide bonds. The van der Waals surface area contributed by atoms with E-state index in [1.165, 1.54) is 30.4 Å². The number of benzene rings is 1. The van der Waals surface area contributed by atoms with Crippen LogP contribution >= 0.6 is 0 Å². The van der Waals surface area contributed by atoms with Crippen LogP contribution in [0.2, 0.25) is 0 Å². The molecular weight excluding hydrogens is 368 g/mol. The molecule has 0 heterocycles. The van der Waals surface area contributed by atoms with Crippen molar-refractivity contribution in [2.24, 2.45) is 34.0 Å². The molecule has 1 aromatic rings. The van der Waals surface area contributed by atoms with Gasteiger partial charge in [-0.15, -0.1) is 0 Å². The molecule has 0 aromatic heterocycles. The molecule has 5 rings (SSSR count). The molecule has 0 bridgehead atoms. The predicted molar refractivity (Wildman–Crippen MR) is 121 cm³/mol. The van der Waals surface area contributed by atoms with E-state index in [1.807, 2.05) is 6.92 Å². The van der Waals surface area contributed by atoms with Gasteiger partial charge in [-0.25, -0.2) is 0 Å². The standard InChI is InChI=1S/C28H38O2/c1-19(29)28(18-20-7-5-4-6-8-20)16-13-25-23-10-9-21-17-22(30)11-14-26(21,2)24(23)12-15-27(25,28)3/h4-9,22-25,30H,10-18H2,1-3H3/t22?,23?,24?,25?,26?,27?,28-/m0/s1. The minimum absolute atomic E-state index is 0.103. The summed E-state index contributed by atoms with van der Waals surface area (Å²) >= 11 is 0. The minimum Gasteiger partial charge on any atom is -0.393 e. The monoisotopic (exact) mass is 406 g/mol. The normalized spacial score (nSPS) is 45.1. The van der Waals surface area contributed by atoms with E-state index in [2.05, 4.69) is 50.3 Å². The second kappa shape index (κ2) is 7.05. The number of hydrogen-bond acceptors (Lipinski definition) is 2. The van der Waals surface area contributed by atoms with E-state index in [0.717, 1.165) is 44.4 Å². The molecule has 4 aliphatic rings. The highest BCUT2D eigenvalue weighted by Gasteiger charge is 2.65. The maximum Gasteiger partial charge on any atom is 0.136 e. The lowest BCUT2D eigenvalue weighted by molar-refractivity contribution is -0.140. The Hall–Kier alpha value is -1.41. The Labute approximate surface area is 182 Å². The lowest BCUT2D eigenvalue weighted by Gasteiger charge is -2.59. The van der Waals surface area contributed by atoms with Crippen LogP contribution in [0, 0.1) is 34.0 Å². The summed E-state index contributed by atoms with van der Waals surface area (Å²) < 4.78 is 0. The van der Waals surface area contributed by atoms with Gasteiger partial charge in [-0.2, -0.15) is 0 Å². The second-order valence-corrected chi connectivity index (χ2v) is 11.5. The Balaban J connectivity index is 1.50. The molecular formula is C28H38O2. The molecule has 3 fully saturated rings. The molecule has 2 nitrogen and oxygen atoms in total. The van der Waals surface area contributed by atoms with Gasteiger partial charge in [-0.3, -0.25) is 4.79 Å². The molecule has 0 aliphatic heterocycles. The molecule has 2 heteroatoms.